The predicted octanol–water partition coefficient (Wildman–Crippen LogP) is -0.484. The summed E-state index contributed by atoms with van der Waals surface area (Å²) in [6, 6.07) is 0. The molecule has 0 aliphatic carbocycles. The Bertz CT molecular complexity index is 419. The van der Waals surface area contributed by atoms with E-state index < -0.39 is 11.1 Å². The van der Waals surface area contributed by atoms with Crippen molar-refractivity contribution in [3.8, 4) is 0 Å². The average molecular weight is 255 g/mol. The maximum absolute atomic E-state index is 12.0. The van der Waals surface area contributed by atoms with Crippen molar-refractivity contribution >= 4 is 5.91 Å². The van der Waals surface area contributed by atoms with E-state index in [1.807, 2.05) is 0 Å². The van der Waals surface area contributed by atoms with Crippen LogP contribution in [-0.2, 0) is 6.54 Å². The summed E-state index contributed by atoms with van der Waals surface area (Å²) < 4.78 is 1.51. The lowest BCUT2D eigenvalue weighted by molar-refractivity contribution is -0.00302. The van der Waals surface area contributed by atoms with Crippen molar-refractivity contribution < 1.29 is 9.90 Å². The summed E-state index contributed by atoms with van der Waals surface area (Å²) in [5.41, 5.74) is 3.77. The Balaban J connectivity index is 2.76. The molecule has 102 valence electrons. The maximum atomic E-state index is 12.0. The largest absolute Gasteiger partial charge is 0.388 e. The van der Waals surface area contributed by atoms with Gasteiger partial charge in [0.25, 0.3) is 5.91 Å². The highest BCUT2D eigenvalue weighted by Crippen LogP contribution is 2.20. The monoisotopic (exact) mass is 255 g/mol. The number of hydrogen-bond acceptors (Lipinski definition) is 5. The molecule has 1 rings (SSSR count). The summed E-state index contributed by atoms with van der Waals surface area (Å²) >= 11 is 0. The second-order valence-corrected chi connectivity index (χ2v) is 5.29. The molecular formula is C11H21N5O2. The van der Waals surface area contributed by atoms with E-state index in [1.165, 1.54) is 10.9 Å². The van der Waals surface area contributed by atoms with Gasteiger partial charge >= 0.3 is 0 Å². The van der Waals surface area contributed by atoms with Gasteiger partial charge in [-0.1, -0.05) is 5.21 Å². The fourth-order valence-electron chi connectivity index (χ4n) is 1.14. The first-order valence-corrected chi connectivity index (χ1v) is 5.82. The summed E-state index contributed by atoms with van der Waals surface area (Å²) in [6.45, 7) is 7.70. The number of nitrogens with two attached hydrogens (primary N) is 1. The highest BCUT2D eigenvalue weighted by Gasteiger charge is 2.36. The molecule has 1 aromatic rings. The van der Waals surface area contributed by atoms with E-state index in [1.54, 1.807) is 27.7 Å². The minimum absolute atomic E-state index is 0.209. The van der Waals surface area contributed by atoms with E-state index >= 15 is 0 Å². The van der Waals surface area contributed by atoms with E-state index in [0.717, 1.165) is 0 Å². The zero-order valence-corrected chi connectivity index (χ0v) is 11.3. The van der Waals surface area contributed by atoms with Crippen molar-refractivity contribution in [1.82, 2.24) is 20.3 Å². The van der Waals surface area contributed by atoms with Gasteiger partial charge in [-0.3, -0.25) is 9.48 Å². The van der Waals surface area contributed by atoms with Crippen molar-refractivity contribution in [3.63, 3.8) is 0 Å². The molecule has 0 atom stereocenters. The zero-order valence-electron chi connectivity index (χ0n) is 11.3. The quantitative estimate of drug-likeness (QED) is 0.658. The summed E-state index contributed by atoms with van der Waals surface area (Å²) in [5.74, 6) is -0.370. The van der Waals surface area contributed by atoms with E-state index in [-0.39, 0.29) is 11.6 Å². The molecule has 0 bridgehead atoms. The maximum Gasteiger partial charge on any atom is 0.273 e. The minimum Gasteiger partial charge on any atom is -0.388 e. The lowest BCUT2D eigenvalue weighted by Crippen LogP contribution is -2.57. The van der Waals surface area contributed by atoms with Crippen LogP contribution < -0.4 is 11.1 Å². The summed E-state index contributed by atoms with van der Waals surface area (Å²) in [6.07, 6.45) is 1.53. The molecule has 7 heteroatoms. The molecule has 0 unspecified atom stereocenters. The minimum atomic E-state index is -1.05. The molecule has 4 N–H and O–H groups in total. The number of carbonyl (C=O) groups excluding carboxylic acids is 1. The molecular weight excluding hydrogens is 234 g/mol. The van der Waals surface area contributed by atoms with Crippen LogP contribution in [0, 0.1) is 0 Å². The predicted molar refractivity (Wildman–Crippen MR) is 66.9 cm³/mol. The molecule has 0 saturated heterocycles. The van der Waals surface area contributed by atoms with Crippen molar-refractivity contribution in [2.45, 2.75) is 45.4 Å². The Morgan fingerprint density at radius 1 is 1.50 bits per heavy atom. The van der Waals surface area contributed by atoms with Gasteiger partial charge in [0.05, 0.1) is 23.9 Å². The number of aliphatic hydroxyl groups is 1. The van der Waals surface area contributed by atoms with Gasteiger partial charge in [0, 0.05) is 6.54 Å². The highest BCUT2D eigenvalue weighted by atomic mass is 16.3. The van der Waals surface area contributed by atoms with Gasteiger partial charge in [0.2, 0.25) is 0 Å². The summed E-state index contributed by atoms with van der Waals surface area (Å²) in [5, 5.41) is 20.2. The van der Waals surface area contributed by atoms with Crippen LogP contribution in [0.3, 0.4) is 0 Å². The van der Waals surface area contributed by atoms with E-state index in [0.29, 0.717) is 13.1 Å². The summed E-state index contributed by atoms with van der Waals surface area (Å²) in [4.78, 5) is 12.0. The third-order valence-electron chi connectivity index (χ3n) is 3.09. The number of nitrogens with zero attached hydrogens (tertiary/aromatic N) is 3. The van der Waals surface area contributed by atoms with Crippen molar-refractivity contribution in [2.75, 3.05) is 6.54 Å². The van der Waals surface area contributed by atoms with E-state index in [4.69, 9.17) is 5.73 Å². The molecule has 0 spiro atoms. The van der Waals surface area contributed by atoms with Crippen LogP contribution in [0.4, 0.5) is 0 Å². The van der Waals surface area contributed by atoms with Crippen LogP contribution in [0.5, 0.6) is 0 Å². The molecule has 7 nitrogen and oxygen atoms in total. The van der Waals surface area contributed by atoms with Crippen LogP contribution in [-0.4, -0.2) is 43.7 Å². The Hall–Kier alpha value is -1.47. The normalized spacial score (nSPS) is 12.6. The molecule has 0 radical (unpaired) electrons. The SMILES string of the molecule is CC(C)(O)C(C)(C)NC(=O)c1cn(CCN)nn1. The second-order valence-electron chi connectivity index (χ2n) is 5.29. The molecule has 1 amide bonds. The second kappa shape index (κ2) is 5.03. The molecule has 0 aromatic carbocycles. The van der Waals surface area contributed by atoms with Crippen LogP contribution in [0.25, 0.3) is 0 Å². The Labute approximate surface area is 106 Å². The van der Waals surface area contributed by atoms with Gasteiger partial charge in [-0.2, -0.15) is 0 Å². The lowest BCUT2D eigenvalue weighted by atomic mass is 9.86. The van der Waals surface area contributed by atoms with Crippen molar-refractivity contribution in [3.05, 3.63) is 11.9 Å². The third-order valence-corrected chi connectivity index (χ3v) is 3.09. The molecule has 0 aliphatic heterocycles. The highest BCUT2D eigenvalue weighted by molar-refractivity contribution is 5.92. The Morgan fingerprint density at radius 3 is 2.61 bits per heavy atom. The first kappa shape index (κ1) is 14.6. The topological polar surface area (TPSA) is 106 Å². The number of nitrogens with one attached hydrogen (secondary N) is 1. The van der Waals surface area contributed by atoms with Crippen LogP contribution in [0.1, 0.15) is 38.2 Å². The van der Waals surface area contributed by atoms with Crippen LogP contribution in [0.2, 0.25) is 0 Å². The average Bonchev–Trinajstić information content (AvgIpc) is 2.64. The van der Waals surface area contributed by atoms with Gasteiger partial charge in [-0.05, 0) is 27.7 Å². The summed E-state index contributed by atoms with van der Waals surface area (Å²) in [7, 11) is 0. The lowest BCUT2D eigenvalue weighted by Gasteiger charge is -2.37. The first-order chi connectivity index (χ1) is 8.17. The smallest absolute Gasteiger partial charge is 0.273 e. The van der Waals surface area contributed by atoms with Crippen molar-refractivity contribution in [2.24, 2.45) is 5.73 Å². The Kier molecular flexibility index (Phi) is 4.08. The van der Waals surface area contributed by atoms with Gasteiger partial charge in [-0.15, -0.1) is 5.10 Å². The van der Waals surface area contributed by atoms with Gasteiger partial charge < -0.3 is 16.2 Å². The first-order valence-electron chi connectivity index (χ1n) is 5.82. The van der Waals surface area contributed by atoms with Crippen LogP contribution >= 0.6 is 0 Å². The standard InChI is InChI=1S/C11H21N5O2/c1-10(2,11(3,4)18)13-9(17)8-7-16(6-5-12)15-14-8/h7,18H,5-6,12H2,1-4H3,(H,13,17). The third kappa shape index (κ3) is 3.27. The molecule has 18 heavy (non-hydrogen) atoms. The van der Waals surface area contributed by atoms with Gasteiger partial charge in [-0.25, -0.2) is 0 Å². The number of rotatable bonds is 5. The Morgan fingerprint density at radius 2 is 2.11 bits per heavy atom. The van der Waals surface area contributed by atoms with Gasteiger partial charge in [0.15, 0.2) is 5.69 Å². The fraction of sp³-hybridized carbons (Fsp3) is 0.727. The van der Waals surface area contributed by atoms with Crippen LogP contribution in [0.15, 0.2) is 6.20 Å². The number of hydrogen-bond donors (Lipinski definition) is 3. The molecule has 1 heterocycles. The molecule has 1 aromatic heterocycles. The fourth-order valence-corrected chi connectivity index (χ4v) is 1.14. The molecule has 0 aliphatic rings. The van der Waals surface area contributed by atoms with E-state index in [9.17, 15) is 9.90 Å². The number of carbonyl (C=O) groups is 1. The molecule has 0 fully saturated rings. The van der Waals surface area contributed by atoms with Gasteiger partial charge in [0.1, 0.15) is 0 Å². The van der Waals surface area contributed by atoms with E-state index in [2.05, 4.69) is 15.6 Å². The molecule has 0 saturated carbocycles. The number of aromatic nitrogens is 3. The number of amides is 1. The van der Waals surface area contributed by atoms with Crippen molar-refractivity contribution in [1.29, 1.82) is 0 Å². The zero-order chi connectivity index (χ0) is 14.0.